The number of carbonyl (C=O) groups is 2. The molecule has 6 nitrogen and oxygen atoms in total. The zero-order valence-corrected chi connectivity index (χ0v) is 17.7. The maximum atomic E-state index is 12.4. The molecule has 0 radical (unpaired) electrons. The first-order valence-corrected chi connectivity index (χ1v) is 11.0. The summed E-state index contributed by atoms with van der Waals surface area (Å²) in [6.07, 6.45) is 0.123. The minimum atomic E-state index is -0.227. The van der Waals surface area contributed by atoms with Crippen LogP contribution in [0.25, 0.3) is 11.3 Å². The molecule has 2 heterocycles. The molecule has 30 heavy (non-hydrogen) atoms. The fraction of sp³-hybridized carbons (Fsp3) is 0.0909. The highest BCUT2D eigenvalue weighted by molar-refractivity contribution is 7.14. The van der Waals surface area contributed by atoms with Gasteiger partial charge in [-0.3, -0.25) is 14.9 Å². The number of amides is 2. The largest absolute Gasteiger partial charge is 0.326 e. The van der Waals surface area contributed by atoms with Gasteiger partial charge in [-0.05, 0) is 31.2 Å². The molecule has 2 N–H and O–H groups in total. The Morgan fingerprint density at radius 2 is 1.77 bits per heavy atom. The van der Waals surface area contributed by atoms with Crippen molar-refractivity contribution >= 4 is 45.3 Å². The van der Waals surface area contributed by atoms with Gasteiger partial charge in [0, 0.05) is 27.6 Å². The van der Waals surface area contributed by atoms with Crippen LogP contribution >= 0.6 is 22.7 Å². The Labute approximate surface area is 181 Å². The molecule has 0 aliphatic rings. The third kappa shape index (κ3) is 4.97. The third-order valence-electron chi connectivity index (χ3n) is 4.21. The van der Waals surface area contributed by atoms with Gasteiger partial charge in [-0.2, -0.15) is 0 Å². The minimum Gasteiger partial charge on any atom is -0.326 e. The molecule has 150 valence electrons. The molecule has 0 fully saturated rings. The fourth-order valence-electron chi connectivity index (χ4n) is 2.83. The summed E-state index contributed by atoms with van der Waals surface area (Å²) < 4.78 is 0. The Morgan fingerprint density at radius 1 is 0.933 bits per heavy atom. The van der Waals surface area contributed by atoms with Crippen molar-refractivity contribution < 1.29 is 9.59 Å². The number of rotatable bonds is 6. The molecule has 0 aliphatic carbocycles. The van der Waals surface area contributed by atoms with Gasteiger partial charge in [0.1, 0.15) is 0 Å². The molecule has 2 aromatic carbocycles. The van der Waals surface area contributed by atoms with Crippen LogP contribution in [-0.2, 0) is 11.2 Å². The van der Waals surface area contributed by atoms with Gasteiger partial charge in [0.25, 0.3) is 5.91 Å². The van der Waals surface area contributed by atoms with Crippen LogP contribution < -0.4 is 10.6 Å². The predicted molar refractivity (Wildman–Crippen MR) is 121 cm³/mol. The Balaban J connectivity index is 1.36. The molecule has 0 atom stereocenters. The maximum absolute atomic E-state index is 12.4. The Bertz CT molecular complexity index is 1180. The molecule has 4 rings (SSSR count). The molecule has 0 spiro atoms. The molecule has 8 heteroatoms. The van der Waals surface area contributed by atoms with Crippen molar-refractivity contribution in [2.45, 2.75) is 13.3 Å². The van der Waals surface area contributed by atoms with Gasteiger partial charge >= 0.3 is 0 Å². The fourth-order valence-corrected chi connectivity index (χ4v) is 4.15. The van der Waals surface area contributed by atoms with E-state index in [0.29, 0.717) is 22.1 Å². The summed E-state index contributed by atoms with van der Waals surface area (Å²) in [6, 6.07) is 16.5. The Kier molecular flexibility index (Phi) is 5.97. The number of nitrogens with zero attached hydrogens (tertiary/aromatic N) is 2. The lowest BCUT2D eigenvalue weighted by Gasteiger charge is -2.06. The molecule has 0 bridgehead atoms. The van der Waals surface area contributed by atoms with Crippen molar-refractivity contribution in [1.29, 1.82) is 0 Å². The number of hydrogen-bond acceptors (Lipinski definition) is 6. The van der Waals surface area contributed by atoms with Crippen LogP contribution in [0.2, 0.25) is 0 Å². The Hall–Kier alpha value is -3.36. The van der Waals surface area contributed by atoms with Gasteiger partial charge in [0.05, 0.1) is 22.8 Å². The van der Waals surface area contributed by atoms with Crippen molar-refractivity contribution in [2.24, 2.45) is 0 Å². The van der Waals surface area contributed by atoms with Crippen LogP contribution in [0.4, 0.5) is 10.8 Å². The van der Waals surface area contributed by atoms with Crippen molar-refractivity contribution in [3.8, 4) is 11.3 Å². The number of carbonyl (C=O) groups excluding carboxylic acids is 2. The third-order valence-corrected chi connectivity index (χ3v) is 5.79. The number of aryl methyl sites for hydroxylation is 1. The van der Waals surface area contributed by atoms with Crippen molar-refractivity contribution in [1.82, 2.24) is 9.97 Å². The van der Waals surface area contributed by atoms with Crippen molar-refractivity contribution in [2.75, 3.05) is 10.6 Å². The van der Waals surface area contributed by atoms with Crippen LogP contribution in [-0.4, -0.2) is 21.8 Å². The lowest BCUT2D eigenvalue weighted by molar-refractivity contribution is -0.115. The van der Waals surface area contributed by atoms with Gasteiger partial charge in [-0.25, -0.2) is 9.97 Å². The highest BCUT2D eigenvalue weighted by atomic mass is 32.1. The second kappa shape index (κ2) is 8.98. The number of nitrogens with one attached hydrogen (secondary N) is 2. The molecule has 2 amide bonds. The zero-order valence-electron chi connectivity index (χ0n) is 16.1. The molecule has 4 aromatic rings. The van der Waals surface area contributed by atoms with Gasteiger partial charge in [0.15, 0.2) is 5.13 Å². The average Bonchev–Trinajstić information content (AvgIpc) is 3.37. The lowest BCUT2D eigenvalue weighted by Crippen LogP contribution is -2.15. The summed E-state index contributed by atoms with van der Waals surface area (Å²) in [5.74, 6) is -0.400. The molecule has 0 saturated carbocycles. The SMILES string of the molecule is Cc1nc(-c2cccc(NC(=O)Cc3csc(NC(=O)c4ccccc4)n3)c2)cs1. The summed E-state index contributed by atoms with van der Waals surface area (Å²) in [5, 5.41) is 10.9. The molecule has 0 saturated heterocycles. The second-order valence-corrected chi connectivity index (χ2v) is 8.44. The van der Waals surface area contributed by atoms with E-state index in [9.17, 15) is 9.59 Å². The molecular formula is C22H18N4O2S2. The summed E-state index contributed by atoms with van der Waals surface area (Å²) >= 11 is 2.88. The molecule has 2 aromatic heterocycles. The topological polar surface area (TPSA) is 84.0 Å². The molecule has 0 aliphatic heterocycles. The van der Waals surface area contributed by atoms with E-state index in [4.69, 9.17) is 0 Å². The smallest absolute Gasteiger partial charge is 0.257 e. The van der Waals surface area contributed by atoms with E-state index in [2.05, 4.69) is 20.6 Å². The monoisotopic (exact) mass is 434 g/mol. The standard InChI is InChI=1S/C22H18N4O2S2/c1-14-23-19(13-29-14)16-8-5-9-17(10-16)24-20(27)11-18-12-30-22(25-18)26-21(28)15-6-3-2-4-7-15/h2-10,12-13H,11H2,1H3,(H,24,27)(H,25,26,28). The van der Waals surface area contributed by atoms with E-state index in [1.165, 1.54) is 11.3 Å². The summed E-state index contributed by atoms with van der Waals surface area (Å²) in [6.45, 7) is 1.96. The normalized spacial score (nSPS) is 10.6. The van der Waals surface area contributed by atoms with Crippen LogP contribution in [0.1, 0.15) is 21.1 Å². The minimum absolute atomic E-state index is 0.123. The number of aromatic nitrogens is 2. The quantitative estimate of drug-likeness (QED) is 0.447. The van der Waals surface area contributed by atoms with Gasteiger partial charge in [-0.1, -0.05) is 30.3 Å². The first kappa shape index (κ1) is 19.9. The van der Waals surface area contributed by atoms with Crippen LogP contribution in [0.5, 0.6) is 0 Å². The molecular weight excluding hydrogens is 416 g/mol. The average molecular weight is 435 g/mol. The first-order valence-electron chi connectivity index (χ1n) is 9.20. The van der Waals surface area contributed by atoms with Crippen LogP contribution in [0.3, 0.4) is 0 Å². The van der Waals surface area contributed by atoms with E-state index >= 15 is 0 Å². The van der Waals surface area contributed by atoms with Gasteiger partial charge in [-0.15, -0.1) is 22.7 Å². The van der Waals surface area contributed by atoms with E-state index in [1.807, 2.05) is 42.6 Å². The zero-order chi connectivity index (χ0) is 20.9. The predicted octanol–water partition coefficient (Wildman–Crippen LogP) is 5.01. The van der Waals surface area contributed by atoms with Crippen LogP contribution in [0, 0.1) is 6.92 Å². The second-order valence-electron chi connectivity index (χ2n) is 6.52. The molecule has 0 unspecified atom stereocenters. The van der Waals surface area contributed by atoms with E-state index < -0.39 is 0 Å². The summed E-state index contributed by atoms with van der Waals surface area (Å²) in [4.78, 5) is 33.5. The number of benzene rings is 2. The summed E-state index contributed by atoms with van der Waals surface area (Å²) in [5.41, 5.74) is 3.72. The highest BCUT2D eigenvalue weighted by Gasteiger charge is 2.12. The summed E-state index contributed by atoms with van der Waals surface area (Å²) in [7, 11) is 0. The highest BCUT2D eigenvalue weighted by Crippen LogP contribution is 2.24. The lowest BCUT2D eigenvalue weighted by atomic mass is 10.1. The number of hydrogen-bond donors (Lipinski definition) is 2. The van der Waals surface area contributed by atoms with Crippen LogP contribution in [0.15, 0.2) is 65.4 Å². The van der Waals surface area contributed by atoms with Crippen molar-refractivity contribution in [3.05, 3.63) is 81.6 Å². The number of thiazole rings is 2. The van der Waals surface area contributed by atoms with E-state index in [-0.39, 0.29) is 18.2 Å². The van der Waals surface area contributed by atoms with E-state index in [0.717, 1.165) is 16.3 Å². The Morgan fingerprint density at radius 3 is 2.53 bits per heavy atom. The van der Waals surface area contributed by atoms with Gasteiger partial charge < -0.3 is 5.32 Å². The van der Waals surface area contributed by atoms with E-state index in [1.54, 1.807) is 41.0 Å². The number of anilines is 2. The van der Waals surface area contributed by atoms with Crippen molar-refractivity contribution in [3.63, 3.8) is 0 Å². The first-order chi connectivity index (χ1) is 14.6. The maximum Gasteiger partial charge on any atom is 0.257 e. The van der Waals surface area contributed by atoms with Gasteiger partial charge in [0.2, 0.25) is 5.91 Å².